The first kappa shape index (κ1) is 17.2. The summed E-state index contributed by atoms with van der Waals surface area (Å²) in [6, 6.07) is 3.65. The molecule has 2 aromatic rings. The number of hydrogen-bond donors (Lipinski definition) is 1. The third-order valence-corrected chi connectivity index (χ3v) is 4.20. The molecule has 1 saturated heterocycles. The van der Waals surface area contributed by atoms with E-state index in [9.17, 15) is 18.0 Å². The second-order valence-corrected chi connectivity index (χ2v) is 5.97. The van der Waals surface area contributed by atoms with Crippen LogP contribution in [0.4, 0.5) is 19.0 Å². The van der Waals surface area contributed by atoms with Gasteiger partial charge in [0.05, 0.1) is 5.56 Å². The molecule has 1 fully saturated rings. The van der Waals surface area contributed by atoms with E-state index in [2.05, 4.69) is 15.4 Å². The molecule has 3 rings (SSSR count). The van der Waals surface area contributed by atoms with E-state index < -0.39 is 11.7 Å². The lowest BCUT2D eigenvalue weighted by molar-refractivity contribution is -0.137. The minimum atomic E-state index is -4.46. The second-order valence-electron chi connectivity index (χ2n) is 5.97. The Bertz CT molecular complexity index is 758. The van der Waals surface area contributed by atoms with Crippen molar-refractivity contribution < 1.29 is 18.0 Å². The first-order valence-corrected chi connectivity index (χ1v) is 7.92. The summed E-state index contributed by atoms with van der Waals surface area (Å²) in [6.45, 7) is 0.752. The summed E-state index contributed by atoms with van der Waals surface area (Å²) < 4.78 is 41.0. The summed E-state index contributed by atoms with van der Waals surface area (Å²) in [5.41, 5.74) is -0.348. The quantitative estimate of drug-likeness (QED) is 0.919. The van der Waals surface area contributed by atoms with Gasteiger partial charge in [-0.15, -0.1) is 0 Å². The fraction of sp³-hybridized carbons (Fsp3) is 0.438. The molecule has 9 heteroatoms. The van der Waals surface area contributed by atoms with E-state index in [0.717, 1.165) is 6.07 Å². The van der Waals surface area contributed by atoms with Gasteiger partial charge in [0.15, 0.2) is 0 Å². The topological polar surface area (TPSA) is 63.1 Å². The second kappa shape index (κ2) is 6.73. The average molecular weight is 353 g/mol. The lowest BCUT2D eigenvalue weighted by atomic mass is 10.0. The Labute approximate surface area is 142 Å². The number of carbonyl (C=O) groups is 1. The molecular formula is C16H18F3N5O. The number of nitrogens with zero attached hydrogens (tertiary/aromatic N) is 4. The van der Waals surface area contributed by atoms with E-state index in [4.69, 9.17) is 0 Å². The molecule has 6 nitrogen and oxygen atoms in total. The molecule has 0 aliphatic carbocycles. The summed E-state index contributed by atoms with van der Waals surface area (Å²) in [5.74, 6) is -0.376. The number of rotatable bonds is 3. The van der Waals surface area contributed by atoms with Gasteiger partial charge in [0.1, 0.15) is 11.5 Å². The third kappa shape index (κ3) is 3.75. The number of aryl methyl sites for hydroxylation is 1. The highest BCUT2D eigenvalue weighted by atomic mass is 19.4. The van der Waals surface area contributed by atoms with Crippen LogP contribution in [0.15, 0.2) is 30.6 Å². The fourth-order valence-corrected chi connectivity index (χ4v) is 3.01. The largest absolute Gasteiger partial charge is 0.419 e. The summed E-state index contributed by atoms with van der Waals surface area (Å²) in [7, 11) is 1.66. The van der Waals surface area contributed by atoms with Gasteiger partial charge >= 0.3 is 6.18 Å². The SMILES string of the molecule is Cn1nccc1C(=O)NC1CCCN(c2ncccc2C(F)(F)F)C1. The van der Waals surface area contributed by atoms with Crippen molar-refractivity contribution in [2.45, 2.75) is 25.1 Å². The zero-order chi connectivity index (χ0) is 18.0. The Hall–Kier alpha value is -2.58. The molecule has 134 valence electrons. The third-order valence-electron chi connectivity index (χ3n) is 4.20. The highest BCUT2D eigenvalue weighted by Gasteiger charge is 2.36. The lowest BCUT2D eigenvalue weighted by Gasteiger charge is -2.35. The van der Waals surface area contributed by atoms with Crippen LogP contribution in [0.25, 0.3) is 0 Å². The molecule has 1 unspecified atom stereocenters. The molecule has 0 spiro atoms. The normalized spacial score (nSPS) is 18.2. The maximum Gasteiger partial charge on any atom is 0.419 e. The molecule has 1 atom stereocenters. The number of carbonyl (C=O) groups excluding carboxylic acids is 1. The number of nitrogens with one attached hydrogen (secondary N) is 1. The van der Waals surface area contributed by atoms with Crippen LogP contribution in [-0.2, 0) is 13.2 Å². The van der Waals surface area contributed by atoms with Crippen molar-refractivity contribution >= 4 is 11.7 Å². The van der Waals surface area contributed by atoms with Crippen molar-refractivity contribution in [3.63, 3.8) is 0 Å². The fourth-order valence-electron chi connectivity index (χ4n) is 3.01. The van der Waals surface area contributed by atoms with E-state index in [-0.39, 0.29) is 24.3 Å². The van der Waals surface area contributed by atoms with Crippen LogP contribution < -0.4 is 10.2 Å². The standard InChI is InChI=1S/C16H18F3N5O/c1-23-13(6-8-21-23)15(25)22-11-4-3-9-24(10-11)14-12(16(17,18)19)5-2-7-20-14/h2,5-8,11H,3-4,9-10H2,1H3,(H,22,25). The van der Waals surface area contributed by atoms with Gasteiger partial charge in [0, 0.05) is 38.6 Å². The molecule has 25 heavy (non-hydrogen) atoms. The van der Waals surface area contributed by atoms with E-state index >= 15 is 0 Å². The zero-order valence-electron chi connectivity index (χ0n) is 13.6. The van der Waals surface area contributed by atoms with E-state index in [1.807, 2.05) is 0 Å². The van der Waals surface area contributed by atoms with Crippen LogP contribution in [0.1, 0.15) is 28.9 Å². The summed E-state index contributed by atoms with van der Waals surface area (Å²) in [4.78, 5) is 17.8. The van der Waals surface area contributed by atoms with E-state index in [0.29, 0.717) is 25.1 Å². The van der Waals surface area contributed by atoms with Crippen LogP contribution in [0.5, 0.6) is 0 Å². The summed E-state index contributed by atoms with van der Waals surface area (Å²) in [6.07, 6.45) is -0.221. The Balaban J connectivity index is 1.74. The predicted octanol–water partition coefficient (Wildman–Crippen LogP) is 2.23. The van der Waals surface area contributed by atoms with Gasteiger partial charge in [0.2, 0.25) is 0 Å². The van der Waals surface area contributed by atoms with Crippen molar-refractivity contribution in [1.82, 2.24) is 20.1 Å². The average Bonchev–Trinajstić information content (AvgIpc) is 3.00. The number of alkyl halides is 3. The zero-order valence-corrected chi connectivity index (χ0v) is 13.6. The molecular weight excluding hydrogens is 335 g/mol. The molecule has 1 amide bonds. The van der Waals surface area contributed by atoms with E-state index in [1.54, 1.807) is 18.0 Å². The van der Waals surface area contributed by atoms with Gasteiger partial charge in [0.25, 0.3) is 5.91 Å². The first-order chi connectivity index (χ1) is 11.9. The monoisotopic (exact) mass is 353 g/mol. The number of amides is 1. The molecule has 2 aromatic heterocycles. The van der Waals surface area contributed by atoms with Crippen molar-refractivity contribution in [2.24, 2.45) is 7.05 Å². The predicted molar refractivity (Wildman–Crippen MR) is 85.1 cm³/mol. The van der Waals surface area contributed by atoms with Crippen LogP contribution in [-0.4, -0.2) is 39.8 Å². The van der Waals surface area contributed by atoms with Gasteiger partial charge in [-0.3, -0.25) is 9.48 Å². The number of piperidine rings is 1. The summed E-state index contributed by atoms with van der Waals surface area (Å²) in [5, 5.41) is 6.81. The molecule has 1 aliphatic rings. The lowest BCUT2D eigenvalue weighted by Crippen LogP contribution is -2.48. The number of aromatic nitrogens is 3. The Morgan fingerprint density at radius 3 is 2.80 bits per heavy atom. The molecule has 0 saturated carbocycles. The van der Waals surface area contributed by atoms with Crippen molar-refractivity contribution in [3.05, 3.63) is 41.9 Å². The molecule has 0 radical (unpaired) electrons. The van der Waals surface area contributed by atoms with Gasteiger partial charge in [-0.25, -0.2) is 4.98 Å². The van der Waals surface area contributed by atoms with Crippen molar-refractivity contribution in [1.29, 1.82) is 0 Å². The minimum absolute atomic E-state index is 0.0884. The maximum atomic E-state index is 13.2. The molecule has 3 heterocycles. The smallest absolute Gasteiger partial charge is 0.354 e. The maximum absolute atomic E-state index is 13.2. The van der Waals surface area contributed by atoms with Gasteiger partial charge in [-0.1, -0.05) is 0 Å². The highest BCUT2D eigenvalue weighted by molar-refractivity contribution is 5.92. The van der Waals surface area contributed by atoms with Crippen LogP contribution in [0.3, 0.4) is 0 Å². The number of pyridine rings is 1. The number of halogens is 3. The Kier molecular flexibility index (Phi) is 4.65. The Morgan fingerprint density at radius 2 is 2.12 bits per heavy atom. The first-order valence-electron chi connectivity index (χ1n) is 7.92. The molecule has 0 bridgehead atoms. The van der Waals surface area contributed by atoms with Crippen molar-refractivity contribution in [2.75, 3.05) is 18.0 Å². The van der Waals surface area contributed by atoms with E-state index in [1.165, 1.54) is 23.1 Å². The minimum Gasteiger partial charge on any atom is -0.354 e. The van der Waals surface area contributed by atoms with Gasteiger partial charge < -0.3 is 10.2 Å². The molecule has 1 N–H and O–H groups in total. The molecule has 1 aliphatic heterocycles. The number of anilines is 1. The van der Waals surface area contributed by atoms with Crippen LogP contribution in [0, 0.1) is 0 Å². The van der Waals surface area contributed by atoms with Crippen molar-refractivity contribution in [3.8, 4) is 0 Å². The molecule has 0 aromatic carbocycles. The van der Waals surface area contributed by atoms with Crippen LogP contribution >= 0.6 is 0 Å². The van der Waals surface area contributed by atoms with Crippen LogP contribution in [0.2, 0.25) is 0 Å². The number of hydrogen-bond acceptors (Lipinski definition) is 4. The summed E-state index contributed by atoms with van der Waals surface area (Å²) >= 11 is 0. The van der Waals surface area contributed by atoms with Gasteiger partial charge in [-0.2, -0.15) is 18.3 Å². The van der Waals surface area contributed by atoms with Gasteiger partial charge in [-0.05, 0) is 31.0 Å². The Morgan fingerprint density at radius 1 is 1.32 bits per heavy atom. The highest BCUT2D eigenvalue weighted by Crippen LogP contribution is 2.35.